The van der Waals surface area contributed by atoms with Crippen LogP contribution in [0.15, 0.2) is 18.2 Å². The van der Waals surface area contributed by atoms with Crippen LogP contribution in [0.4, 0.5) is 5.69 Å². The van der Waals surface area contributed by atoms with Gasteiger partial charge in [-0.25, -0.2) is 0 Å². The van der Waals surface area contributed by atoms with Crippen LogP contribution in [0.25, 0.3) is 0 Å². The molecule has 27 heavy (non-hydrogen) atoms. The van der Waals surface area contributed by atoms with E-state index in [1.807, 2.05) is 18.2 Å². The number of fused-ring (bicyclic) bond motifs is 1. The minimum absolute atomic E-state index is 0.108. The number of amides is 1. The maximum Gasteiger partial charge on any atom is 0.312 e. The van der Waals surface area contributed by atoms with Gasteiger partial charge in [-0.1, -0.05) is 39.2 Å². The van der Waals surface area contributed by atoms with Gasteiger partial charge in [0.25, 0.3) is 0 Å². The van der Waals surface area contributed by atoms with Gasteiger partial charge in [0.05, 0.1) is 18.6 Å². The zero-order valence-corrected chi connectivity index (χ0v) is 16.7. The highest BCUT2D eigenvalue weighted by atomic mass is 16.5. The van der Waals surface area contributed by atoms with E-state index >= 15 is 0 Å². The first-order chi connectivity index (χ1) is 12.9. The summed E-state index contributed by atoms with van der Waals surface area (Å²) in [6, 6.07) is 5.47. The third-order valence-corrected chi connectivity index (χ3v) is 6.64. The van der Waals surface area contributed by atoms with Crippen molar-refractivity contribution in [3.63, 3.8) is 0 Å². The molecule has 2 aliphatic rings. The lowest BCUT2D eigenvalue weighted by Gasteiger charge is -2.30. The number of methoxy groups -OCH3 is 1. The van der Waals surface area contributed by atoms with Gasteiger partial charge in [0.1, 0.15) is 0 Å². The summed E-state index contributed by atoms with van der Waals surface area (Å²) in [6.45, 7) is 4.13. The van der Waals surface area contributed by atoms with Crippen LogP contribution in [-0.2, 0) is 27.2 Å². The molecule has 5 heteroatoms. The third-order valence-electron chi connectivity index (χ3n) is 6.64. The van der Waals surface area contributed by atoms with E-state index in [0.717, 1.165) is 42.5 Å². The summed E-state index contributed by atoms with van der Waals surface area (Å²) in [6.07, 6.45) is 6.97. The summed E-state index contributed by atoms with van der Waals surface area (Å²) in [5.74, 6) is 0.192. The van der Waals surface area contributed by atoms with Crippen molar-refractivity contribution in [2.75, 3.05) is 12.4 Å². The Labute approximate surface area is 162 Å². The van der Waals surface area contributed by atoms with Crippen molar-refractivity contribution >= 4 is 17.6 Å². The molecule has 148 valence electrons. The lowest BCUT2D eigenvalue weighted by molar-refractivity contribution is -0.155. The van der Waals surface area contributed by atoms with Gasteiger partial charge < -0.3 is 15.8 Å². The topological polar surface area (TPSA) is 81.4 Å². The van der Waals surface area contributed by atoms with E-state index in [0.29, 0.717) is 12.8 Å². The van der Waals surface area contributed by atoms with Crippen molar-refractivity contribution in [2.24, 2.45) is 23.0 Å². The molecular weight excluding hydrogens is 340 g/mol. The molecule has 0 aliphatic heterocycles. The van der Waals surface area contributed by atoms with Crippen molar-refractivity contribution in [3.05, 3.63) is 29.3 Å². The minimum Gasteiger partial charge on any atom is -0.469 e. The molecule has 0 heterocycles. The number of esters is 1. The molecule has 5 nitrogen and oxygen atoms in total. The number of ether oxygens (including phenoxy) is 1. The molecule has 3 N–H and O–H groups in total. The maximum absolute atomic E-state index is 12.6. The van der Waals surface area contributed by atoms with Gasteiger partial charge >= 0.3 is 5.97 Å². The Balaban J connectivity index is 1.72. The average molecular weight is 373 g/mol. The first-order valence-electron chi connectivity index (χ1n) is 10.1. The number of anilines is 1. The Kier molecular flexibility index (Phi) is 5.89. The van der Waals surface area contributed by atoms with E-state index < -0.39 is 11.5 Å². The van der Waals surface area contributed by atoms with Gasteiger partial charge in [0.15, 0.2) is 0 Å². The van der Waals surface area contributed by atoms with Crippen LogP contribution in [0.3, 0.4) is 0 Å². The molecule has 1 fully saturated rings. The second-order valence-corrected chi connectivity index (χ2v) is 8.55. The smallest absolute Gasteiger partial charge is 0.312 e. The first-order valence-corrected chi connectivity index (χ1v) is 10.1. The summed E-state index contributed by atoms with van der Waals surface area (Å²) in [4.78, 5) is 25.1. The van der Waals surface area contributed by atoms with Gasteiger partial charge in [0, 0.05) is 5.69 Å². The van der Waals surface area contributed by atoms with Crippen molar-refractivity contribution in [2.45, 2.75) is 64.8 Å². The number of carbonyl (C=O) groups is 2. The fourth-order valence-electron chi connectivity index (χ4n) is 4.71. The van der Waals surface area contributed by atoms with Crippen molar-refractivity contribution in [1.29, 1.82) is 0 Å². The van der Waals surface area contributed by atoms with Gasteiger partial charge in [-0.2, -0.15) is 0 Å². The molecular formula is C22H32N2O3. The van der Waals surface area contributed by atoms with Crippen LogP contribution >= 0.6 is 0 Å². The van der Waals surface area contributed by atoms with Gasteiger partial charge in [-0.05, 0) is 60.8 Å². The van der Waals surface area contributed by atoms with Crippen molar-refractivity contribution < 1.29 is 14.3 Å². The molecule has 1 saturated carbocycles. The first kappa shape index (κ1) is 19.9. The normalized spacial score (nSPS) is 23.7. The molecule has 1 aromatic carbocycles. The Bertz CT molecular complexity index is 710. The molecule has 3 rings (SSSR count). The fraction of sp³-hybridized carbons (Fsp3) is 0.636. The highest BCUT2D eigenvalue weighted by Gasteiger charge is 2.47. The molecule has 0 aromatic heterocycles. The Hall–Kier alpha value is -1.88. The minimum atomic E-state index is -0.516. The Morgan fingerprint density at radius 2 is 1.81 bits per heavy atom. The van der Waals surface area contributed by atoms with Crippen LogP contribution in [0.1, 0.15) is 57.1 Å². The summed E-state index contributed by atoms with van der Waals surface area (Å²) < 4.78 is 5.10. The number of nitrogens with two attached hydrogens (primary N) is 1. The number of nitrogens with one attached hydrogen (secondary N) is 1. The lowest BCUT2D eigenvalue weighted by Crippen LogP contribution is -2.42. The molecule has 2 atom stereocenters. The highest BCUT2D eigenvalue weighted by Crippen LogP contribution is 2.44. The van der Waals surface area contributed by atoms with E-state index in [2.05, 4.69) is 19.2 Å². The third kappa shape index (κ3) is 3.88. The lowest BCUT2D eigenvalue weighted by atomic mass is 9.74. The summed E-state index contributed by atoms with van der Waals surface area (Å²) in [5, 5.41) is 2.99. The van der Waals surface area contributed by atoms with Crippen LogP contribution in [0.5, 0.6) is 0 Å². The number of hydrogen-bond donors (Lipinski definition) is 2. The molecule has 0 saturated heterocycles. The predicted octanol–water partition coefficient (Wildman–Crippen LogP) is 3.45. The Morgan fingerprint density at radius 3 is 2.44 bits per heavy atom. The molecule has 0 spiro atoms. The Morgan fingerprint density at radius 1 is 1.15 bits per heavy atom. The van der Waals surface area contributed by atoms with Crippen molar-refractivity contribution in [3.8, 4) is 0 Å². The van der Waals surface area contributed by atoms with Gasteiger partial charge in [-0.3, -0.25) is 9.59 Å². The molecule has 1 unspecified atom stereocenters. The average Bonchev–Trinajstić information content (AvgIpc) is 3.07. The molecule has 1 amide bonds. The zero-order valence-electron chi connectivity index (χ0n) is 16.7. The monoisotopic (exact) mass is 372 g/mol. The van der Waals surface area contributed by atoms with E-state index in [-0.39, 0.29) is 23.7 Å². The SMILES string of the molecule is COC(=O)C1(C(C)C)Cc2ccc(NC(=O)[C@@H](N)C3CCCCC3)cc2C1. The number of carbonyl (C=O) groups excluding carboxylic acids is 2. The second kappa shape index (κ2) is 8.01. The molecule has 0 bridgehead atoms. The fourth-order valence-corrected chi connectivity index (χ4v) is 4.71. The largest absolute Gasteiger partial charge is 0.469 e. The number of hydrogen-bond acceptors (Lipinski definition) is 4. The van der Waals surface area contributed by atoms with Crippen molar-refractivity contribution in [1.82, 2.24) is 0 Å². The number of rotatable bonds is 5. The van der Waals surface area contributed by atoms with Gasteiger partial charge in [0.2, 0.25) is 5.91 Å². The summed E-state index contributed by atoms with van der Waals surface area (Å²) in [5.41, 5.74) is 8.73. The van der Waals surface area contributed by atoms with E-state index in [4.69, 9.17) is 10.5 Å². The van der Waals surface area contributed by atoms with Crippen LogP contribution in [-0.4, -0.2) is 25.0 Å². The second-order valence-electron chi connectivity index (χ2n) is 8.55. The standard InChI is InChI=1S/C22H32N2O3/c1-14(2)22(21(26)27-3)12-16-9-10-18(11-17(16)13-22)24-20(25)19(23)15-7-5-4-6-8-15/h9-11,14-15,19H,4-8,12-13,23H2,1-3H3,(H,24,25)/t19-,22?/m0/s1. The van der Waals surface area contributed by atoms with E-state index in [1.165, 1.54) is 13.5 Å². The predicted molar refractivity (Wildman–Crippen MR) is 106 cm³/mol. The molecule has 0 radical (unpaired) electrons. The maximum atomic E-state index is 12.6. The molecule has 1 aromatic rings. The van der Waals surface area contributed by atoms with E-state index in [9.17, 15) is 9.59 Å². The number of benzene rings is 1. The van der Waals surface area contributed by atoms with E-state index in [1.54, 1.807) is 0 Å². The van der Waals surface area contributed by atoms with Gasteiger partial charge in [-0.15, -0.1) is 0 Å². The summed E-state index contributed by atoms with van der Waals surface area (Å²) in [7, 11) is 1.45. The summed E-state index contributed by atoms with van der Waals surface area (Å²) >= 11 is 0. The molecule has 2 aliphatic carbocycles. The van der Waals surface area contributed by atoms with Crippen LogP contribution < -0.4 is 11.1 Å². The van der Waals surface area contributed by atoms with Crippen LogP contribution in [0.2, 0.25) is 0 Å². The highest BCUT2D eigenvalue weighted by molar-refractivity contribution is 5.95. The van der Waals surface area contributed by atoms with Crippen LogP contribution in [0, 0.1) is 17.3 Å². The quantitative estimate of drug-likeness (QED) is 0.776. The zero-order chi connectivity index (χ0) is 19.6.